The zero-order valence-electron chi connectivity index (χ0n) is 15.9. The molecule has 2 aromatic carbocycles. The van der Waals surface area contributed by atoms with Gasteiger partial charge in [-0.05, 0) is 37.5 Å². The normalized spacial score (nSPS) is 13.4. The number of hydrogen-bond donors (Lipinski definition) is 1. The smallest absolute Gasteiger partial charge is 0.144 e. The van der Waals surface area contributed by atoms with Crippen LogP contribution in [-0.4, -0.2) is 30.5 Å². The second-order valence-electron chi connectivity index (χ2n) is 6.73. The van der Waals surface area contributed by atoms with Crippen LogP contribution in [0.3, 0.4) is 0 Å². The van der Waals surface area contributed by atoms with E-state index in [2.05, 4.69) is 11.4 Å². The molecule has 0 fully saturated rings. The highest BCUT2D eigenvalue weighted by molar-refractivity contribution is 5.58. The molecule has 0 bridgehead atoms. The molecule has 0 amide bonds. The zero-order valence-corrected chi connectivity index (χ0v) is 15.9. The molecule has 0 aliphatic carbocycles. The van der Waals surface area contributed by atoms with Crippen LogP contribution in [0, 0.1) is 0 Å². The monoisotopic (exact) mass is 363 g/mol. The summed E-state index contributed by atoms with van der Waals surface area (Å²) in [7, 11) is 3.42. The molecule has 0 atom stereocenters. The number of rotatable bonds is 5. The summed E-state index contributed by atoms with van der Waals surface area (Å²) in [6.45, 7) is 0.960. The molecule has 1 aliphatic heterocycles. The Bertz CT molecular complexity index is 933. The fourth-order valence-corrected chi connectivity index (χ4v) is 3.72. The van der Waals surface area contributed by atoms with Gasteiger partial charge in [0.1, 0.15) is 23.0 Å². The van der Waals surface area contributed by atoms with E-state index in [-0.39, 0.29) is 0 Å². The van der Waals surface area contributed by atoms with Gasteiger partial charge in [-0.2, -0.15) is 5.10 Å². The molecular weight excluding hydrogens is 338 g/mol. The first-order chi connectivity index (χ1) is 13.3. The van der Waals surface area contributed by atoms with E-state index in [0.717, 1.165) is 66.5 Å². The molecule has 4 rings (SSSR count). The number of aromatic nitrogens is 2. The van der Waals surface area contributed by atoms with Gasteiger partial charge in [-0.3, -0.25) is 0 Å². The van der Waals surface area contributed by atoms with Crippen molar-refractivity contribution >= 4 is 5.82 Å². The van der Waals surface area contributed by atoms with Gasteiger partial charge in [0, 0.05) is 24.1 Å². The van der Waals surface area contributed by atoms with Crippen LogP contribution >= 0.6 is 0 Å². The second kappa shape index (κ2) is 7.74. The largest absolute Gasteiger partial charge is 0.496 e. The number of fused-ring (bicyclic) bond motifs is 1. The van der Waals surface area contributed by atoms with E-state index < -0.39 is 0 Å². The van der Waals surface area contributed by atoms with Crippen molar-refractivity contribution in [3.05, 3.63) is 65.4 Å². The van der Waals surface area contributed by atoms with E-state index in [4.69, 9.17) is 14.6 Å². The summed E-state index contributed by atoms with van der Waals surface area (Å²) in [4.78, 5) is 0. The topological polar surface area (TPSA) is 48.3 Å². The van der Waals surface area contributed by atoms with Crippen LogP contribution in [-0.2, 0) is 12.8 Å². The minimum atomic E-state index is 0.746. The number of anilines is 1. The molecule has 5 nitrogen and oxygen atoms in total. The highest BCUT2D eigenvalue weighted by Crippen LogP contribution is 2.33. The Morgan fingerprint density at radius 2 is 1.70 bits per heavy atom. The van der Waals surface area contributed by atoms with E-state index in [1.165, 1.54) is 5.56 Å². The summed E-state index contributed by atoms with van der Waals surface area (Å²) < 4.78 is 13.1. The molecule has 0 saturated heterocycles. The first kappa shape index (κ1) is 17.5. The lowest BCUT2D eigenvalue weighted by Crippen LogP contribution is -2.08. The maximum atomic E-state index is 5.58. The van der Waals surface area contributed by atoms with Gasteiger partial charge in [-0.1, -0.05) is 30.3 Å². The predicted molar refractivity (Wildman–Crippen MR) is 107 cm³/mol. The molecule has 3 aromatic rings. The summed E-state index contributed by atoms with van der Waals surface area (Å²) in [6.07, 6.45) is 4.10. The van der Waals surface area contributed by atoms with Crippen LogP contribution in [0.1, 0.15) is 29.7 Å². The van der Waals surface area contributed by atoms with E-state index in [0.29, 0.717) is 0 Å². The minimum Gasteiger partial charge on any atom is -0.496 e. The summed E-state index contributed by atoms with van der Waals surface area (Å²) in [5.41, 5.74) is 4.49. The average molecular weight is 363 g/mol. The number of hydrogen-bond acceptors (Lipinski definition) is 4. The van der Waals surface area contributed by atoms with Crippen LogP contribution in [0.5, 0.6) is 11.5 Å². The van der Waals surface area contributed by atoms with E-state index in [9.17, 15) is 0 Å². The number of nitrogens with one attached hydrogen (secondary N) is 1. The Kier molecular flexibility index (Phi) is 5.01. The molecular formula is C22H25N3O2. The molecule has 1 N–H and O–H groups in total. The van der Waals surface area contributed by atoms with Crippen molar-refractivity contribution in [2.24, 2.45) is 0 Å². The lowest BCUT2D eigenvalue weighted by Gasteiger charge is -2.12. The minimum absolute atomic E-state index is 0.746. The number of nitrogens with zero attached hydrogens (tertiary/aromatic N) is 2. The molecule has 0 radical (unpaired) electrons. The van der Waals surface area contributed by atoms with Crippen molar-refractivity contribution in [3.8, 4) is 17.2 Å². The van der Waals surface area contributed by atoms with E-state index in [1.54, 1.807) is 14.2 Å². The fourth-order valence-electron chi connectivity index (χ4n) is 3.72. The number of para-hydroxylation sites is 3. The van der Waals surface area contributed by atoms with E-state index in [1.807, 2.05) is 47.1 Å². The summed E-state index contributed by atoms with van der Waals surface area (Å²) >= 11 is 0. The Balaban J connectivity index is 1.82. The van der Waals surface area contributed by atoms with Crippen LogP contribution in [0.15, 0.2) is 48.5 Å². The van der Waals surface area contributed by atoms with Crippen molar-refractivity contribution < 1.29 is 9.47 Å². The zero-order chi connectivity index (χ0) is 18.6. The summed E-state index contributed by atoms with van der Waals surface area (Å²) in [6, 6.07) is 16.2. The quantitative estimate of drug-likeness (QED) is 0.737. The van der Waals surface area contributed by atoms with Gasteiger partial charge in [0.15, 0.2) is 0 Å². The summed E-state index contributed by atoms with van der Waals surface area (Å²) in [5.74, 6) is 2.80. The van der Waals surface area contributed by atoms with Gasteiger partial charge >= 0.3 is 0 Å². The van der Waals surface area contributed by atoms with E-state index >= 15 is 0 Å². The third kappa shape index (κ3) is 3.37. The third-order valence-corrected chi connectivity index (χ3v) is 5.08. The molecule has 5 heteroatoms. The van der Waals surface area contributed by atoms with Gasteiger partial charge in [0.05, 0.1) is 19.9 Å². The standard InChI is InChI=1S/C22H25N3O2/c1-26-20-12-5-3-9-16(20)15-18-17-10-7-8-14-23-22(17)25(24-18)19-11-4-6-13-21(19)27-2/h3-6,9,11-13,23H,7-8,10,14-15H2,1-2H3. The average Bonchev–Trinajstić information content (AvgIpc) is 2.89. The Hall–Kier alpha value is -2.95. The SMILES string of the molecule is COc1ccccc1Cc1nn(-c2ccccc2OC)c2c1CCCCN2. The van der Waals surface area contributed by atoms with Crippen molar-refractivity contribution in [1.29, 1.82) is 0 Å². The lowest BCUT2D eigenvalue weighted by atomic mass is 10.0. The molecule has 1 aromatic heterocycles. The summed E-state index contributed by atoms with van der Waals surface area (Å²) in [5, 5.41) is 8.59. The number of ether oxygens (including phenoxy) is 2. The highest BCUT2D eigenvalue weighted by atomic mass is 16.5. The third-order valence-electron chi connectivity index (χ3n) is 5.08. The van der Waals surface area contributed by atoms with Gasteiger partial charge < -0.3 is 14.8 Å². The maximum Gasteiger partial charge on any atom is 0.144 e. The molecule has 140 valence electrons. The van der Waals surface area contributed by atoms with Crippen LogP contribution < -0.4 is 14.8 Å². The Morgan fingerprint density at radius 3 is 2.52 bits per heavy atom. The first-order valence-electron chi connectivity index (χ1n) is 9.41. The molecule has 0 saturated carbocycles. The van der Waals surface area contributed by atoms with Gasteiger partial charge in [-0.15, -0.1) is 0 Å². The van der Waals surface area contributed by atoms with Crippen molar-refractivity contribution in [1.82, 2.24) is 9.78 Å². The van der Waals surface area contributed by atoms with Crippen LogP contribution in [0.25, 0.3) is 5.69 Å². The van der Waals surface area contributed by atoms with Crippen LogP contribution in [0.4, 0.5) is 5.82 Å². The molecule has 1 aliphatic rings. The lowest BCUT2D eigenvalue weighted by molar-refractivity contribution is 0.410. The molecule has 0 unspecified atom stereocenters. The molecule has 27 heavy (non-hydrogen) atoms. The van der Waals surface area contributed by atoms with Gasteiger partial charge in [-0.25, -0.2) is 4.68 Å². The van der Waals surface area contributed by atoms with Crippen molar-refractivity contribution in [2.45, 2.75) is 25.7 Å². The van der Waals surface area contributed by atoms with Gasteiger partial charge in [0.25, 0.3) is 0 Å². The molecule has 0 spiro atoms. The molecule has 2 heterocycles. The van der Waals surface area contributed by atoms with Gasteiger partial charge in [0.2, 0.25) is 0 Å². The second-order valence-corrected chi connectivity index (χ2v) is 6.73. The maximum absolute atomic E-state index is 5.58. The number of benzene rings is 2. The number of methoxy groups -OCH3 is 2. The van der Waals surface area contributed by atoms with Crippen LogP contribution in [0.2, 0.25) is 0 Å². The fraction of sp³-hybridized carbons (Fsp3) is 0.318. The Morgan fingerprint density at radius 1 is 0.963 bits per heavy atom. The van der Waals surface area contributed by atoms with Crippen molar-refractivity contribution in [3.63, 3.8) is 0 Å². The Labute approximate surface area is 159 Å². The highest BCUT2D eigenvalue weighted by Gasteiger charge is 2.22. The van der Waals surface area contributed by atoms with Crippen molar-refractivity contribution in [2.75, 3.05) is 26.1 Å². The first-order valence-corrected chi connectivity index (χ1v) is 9.41. The predicted octanol–water partition coefficient (Wildman–Crippen LogP) is 4.23.